The van der Waals surface area contributed by atoms with Crippen LogP contribution in [0.2, 0.25) is 0 Å². The minimum absolute atomic E-state index is 0.0228. The highest BCUT2D eigenvalue weighted by molar-refractivity contribution is 7.99. The lowest BCUT2D eigenvalue weighted by atomic mass is 10.1. The predicted molar refractivity (Wildman–Crippen MR) is 121 cm³/mol. The van der Waals surface area contributed by atoms with Gasteiger partial charge in [0.15, 0.2) is 9.84 Å². The van der Waals surface area contributed by atoms with Crippen LogP contribution in [0.1, 0.15) is 22.4 Å². The third kappa shape index (κ3) is 4.99. The molecule has 1 aliphatic heterocycles. The van der Waals surface area contributed by atoms with Crippen LogP contribution >= 0.6 is 23.1 Å². The van der Waals surface area contributed by atoms with E-state index in [0.29, 0.717) is 18.1 Å². The molecule has 1 atom stereocenters. The van der Waals surface area contributed by atoms with Crippen molar-refractivity contribution < 1.29 is 13.2 Å². The zero-order chi connectivity index (χ0) is 22.0. The second kappa shape index (κ2) is 9.09. The molecular formula is C20H23N5O3S3. The fourth-order valence-corrected chi connectivity index (χ4v) is 6.81. The SMILES string of the molecule is Cc1cccc(-n2nnnc2SCC(=O)N(Cc2cccs2)[C@H]2CCS(=O)(=O)C2)c1C. The van der Waals surface area contributed by atoms with Gasteiger partial charge >= 0.3 is 0 Å². The van der Waals surface area contributed by atoms with Gasteiger partial charge in [-0.3, -0.25) is 4.79 Å². The Labute approximate surface area is 189 Å². The van der Waals surface area contributed by atoms with Crippen molar-refractivity contribution in [1.82, 2.24) is 25.1 Å². The summed E-state index contributed by atoms with van der Waals surface area (Å²) < 4.78 is 25.7. The van der Waals surface area contributed by atoms with Gasteiger partial charge in [0.25, 0.3) is 0 Å². The highest BCUT2D eigenvalue weighted by Gasteiger charge is 2.35. The van der Waals surface area contributed by atoms with E-state index in [1.54, 1.807) is 20.9 Å². The zero-order valence-corrected chi connectivity index (χ0v) is 19.7. The summed E-state index contributed by atoms with van der Waals surface area (Å²) >= 11 is 2.82. The number of tetrazole rings is 1. The van der Waals surface area contributed by atoms with Crippen LogP contribution < -0.4 is 0 Å². The van der Waals surface area contributed by atoms with Crippen molar-refractivity contribution in [3.05, 3.63) is 51.7 Å². The molecule has 0 unspecified atom stereocenters. The van der Waals surface area contributed by atoms with E-state index in [4.69, 9.17) is 0 Å². The van der Waals surface area contributed by atoms with Crippen LogP contribution in [0.5, 0.6) is 0 Å². The molecule has 8 nitrogen and oxygen atoms in total. The van der Waals surface area contributed by atoms with Gasteiger partial charge in [-0.1, -0.05) is 30.0 Å². The average Bonchev–Trinajstić information content (AvgIpc) is 3.47. The molecule has 31 heavy (non-hydrogen) atoms. The Morgan fingerprint density at radius 2 is 2.13 bits per heavy atom. The fraction of sp³-hybridized carbons (Fsp3) is 0.400. The summed E-state index contributed by atoms with van der Waals surface area (Å²) in [5, 5.41) is 14.5. The normalized spacial score (nSPS) is 17.7. The number of thioether (sulfide) groups is 1. The summed E-state index contributed by atoms with van der Waals surface area (Å²) in [6.07, 6.45) is 0.477. The molecule has 0 aliphatic carbocycles. The highest BCUT2D eigenvalue weighted by Crippen LogP contribution is 2.26. The Morgan fingerprint density at radius 3 is 2.84 bits per heavy atom. The van der Waals surface area contributed by atoms with Gasteiger partial charge in [-0.2, -0.15) is 4.68 Å². The second-order valence-corrected chi connectivity index (χ2v) is 11.7. The molecule has 3 heterocycles. The van der Waals surface area contributed by atoms with E-state index in [0.717, 1.165) is 21.7 Å². The van der Waals surface area contributed by atoms with E-state index >= 15 is 0 Å². The number of hydrogen-bond donors (Lipinski definition) is 0. The van der Waals surface area contributed by atoms with Crippen LogP contribution in [-0.2, 0) is 21.2 Å². The van der Waals surface area contributed by atoms with Gasteiger partial charge in [-0.25, -0.2) is 8.42 Å². The van der Waals surface area contributed by atoms with Gasteiger partial charge in [0.05, 0.1) is 29.5 Å². The number of aromatic nitrogens is 4. The lowest BCUT2D eigenvalue weighted by Gasteiger charge is -2.27. The molecule has 2 aromatic heterocycles. The molecule has 0 radical (unpaired) electrons. The van der Waals surface area contributed by atoms with Crippen molar-refractivity contribution in [2.45, 2.75) is 38.0 Å². The first-order chi connectivity index (χ1) is 14.8. The molecule has 1 amide bonds. The first-order valence-electron chi connectivity index (χ1n) is 9.84. The maximum absolute atomic E-state index is 13.2. The van der Waals surface area contributed by atoms with Crippen LogP contribution in [0, 0.1) is 13.8 Å². The second-order valence-electron chi connectivity index (χ2n) is 7.54. The standard InChI is InChI=1S/C20H23N5O3S3/c1-14-5-3-7-18(15(14)2)25-20(21-22-23-25)30-12-19(26)24(11-17-6-4-9-29-17)16-8-10-31(27,28)13-16/h3-7,9,16H,8,10-13H2,1-2H3/t16-/m0/s1. The molecule has 0 saturated carbocycles. The Morgan fingerprint density at radius 1 is 1.29 bits per heavy atom. The summed E-state index contributed by atoms with van der Waals surface area (Å²) in [5.74, 6) is 0.169. The molecule has 164 valence electrons. The fourth-order valence-electron chi connectivity index (χ4n) is 3.61. The van der Waals surface area contributed by atoms with E-state index in [1.807, 2.05) is 49.6 Å². The summed E-state index contributed by atoms with van der Waals surface area (Å²) in [6, 6.07) is 9.51. The van der Waals surface area contributed by atoms with Gasteiger partial charge in [-0.05, 0) is 59.3 Å². The number of amides is 1. The minimum atomic E-state index is -3.10. The van der Waals surface area contributed by atoms with Gasteiger partial charge in [0.2, 0.25) is 11.1 Å². The number of sulfone groups is 1. The van der Waals surface area contributed by atoms with E-state index in [2.05, 4.69) is 15.5 Å². The topological polar surface area (TPSA) is 98.1 Å². The minimum Gasteiger partial charge on any atom is -0.333 e. The number of carbonyl (C=O) groups is 1. The molecule has 0 spiro atoms. The lowest BCUT2D eigenvalue weighted by molar-refractivity contribution is -0.130. The number of rotatable bonds is 7. The summed E-state index contributed by atoms with van der Waals surface area (Å²) in [4.78, 5) is 15.9. The number of benzene rings is 1. The summed E-state index contributed by atoms with van der Waals surface area (Å²) in [7, 11) is -3.10. The average molecular weight is 478 g/mol. The van der Waals surface area contributed by atoms with E-state index in [1.165, 1.54) is 11.8 Å². The molecule has 1 aliphatic rings. The summed E-state index contributed by atoms with van der Waals surface area (Å²) in [5.41, 5.74) is 3.07. The lowest BCUT2D eigenvalue weighted by Crippen LogP contribution is -2.41. The Hall–Kier alpha value is -2.24. The summed E-state index contributed by atoms with van der Waals surface area (Å²) in [6.45, 7) is 4.45. The predicted octanol–water partition coefficient (Wildman–Crippen LogP) is 2.65. The maximum Gasteiger partial charge on any atom is 0.233 e. The monoisotopic (exact) mass is 477 g/mol. The quantitative estimate of drug-likeness (QED) is 0.483. The van der Waals surface area contributed by atoms with Gasteiger partial charge in [-0.15, -0.1) is 16.4 Å². The van der Waals surface area contributed by atoms with E-state index < -0.39 is 9.84 Å². The third-order valence-electron chi connectivity index (χ3n) is 5.45. The number of hydrogen-bond acceptors (Lipinski definition) is 8. The van der Waals surface area contributed by atoms with E-state index in [9.17, 15) is 13.2 Å². The van der Waals surface area contributed by atoms with Crippen molar-refractivity contribution in [2.75, 3.05) is 17.3 Å². The van der Waals surface area contributed by atoms with Crippen LogP contribution in [0.3, 0.4) is 0 Å². The number of aryl methyl sites for hydroxylation is 1. The molecule has 3 aromatic rings. The molecule has 4 rings (SSSR count). The number of thiophene rings is 1. The first-order valence-corrected chi connectivity index (χ1v) is 13.5. The molecular weight excluding hydrogens is 454 g/mol. The Balaban J connectivity index is 1.51. The zero-order valence-electron chi connectivity index (χ0n) is 17.3. The van der Waals surface area contributed by atoms with Gasteiger partial charge < -0.3 is 4.90 Å². The smallest absolute Gasteiger partial charge is 0.233 e. The number of carbonyl (C=O) groups excluding carboxylic acids is 1. The molecule has 1 aromatic carbocycles. The Bertz CT molecular complexity index is 1170. The van der Waals surface area contributed by atoms with Crippen molar-refractivity contribution >= 4 is 38.8 Å². The Kier molecular flexibility index (Phi) is 6.44. The van der Waals surface area contributed by atoms with Crippen molar-refractivity contribution in [1.29, 1.82) is 0 Å². The van der Waals surface area contributed by atoms with Crippen molar-refractivity contribution in [2.24, 2.45) is 0 Å². The van der Waals surface area contributed by atoms with Gasteiger partial charge in [0, 0.05) is 10.9 Å². The van der Waals surface area contributed by atoms with Crippen LogP contribution in [-0.4, -0.2) is 62.7 Å². The van der Waals surface area contributed by atoms with Crippen LogP contribution in [0.15, 0.2) is 40.9 Å². The van der Waals surface area contributed by atoms with Gasteiger partial charge in [0.1, 0.15) is 0 Å². The van der Waals surface area contributed by atoms with Crippen molar-refractivity contribution in [3.8, 4) is 5.69 Å². The first kappa shape index (κ1) is 22.0. The molecule has 1 saturated heterocycles. The highest BCUT2D eigenvalue weighted by atomic mass is 32.2. The molecule has 1 fully saturated rings. The molecule has 0 bridgehead atoms. The molecule has 0 N–H and O–H groups in total. The van der Waals surface area contributed by atoms with Crippen molar-refractivity contribution in [3.63, 3.8) is 0 Å². The number of nitrogens with zero attached hydrogens (tertiary/aromatic N) is 5. The molecule has 11 heteroatoms. The largest absolute Gasteiger partial charge is 0.333 e. The third-order valence-corrected chi connectivity index (χ3v) is 8.96. The van der Waals surface area contributed by atoms with E-state index in [-0.39, 0.29) is 29.2 Å². The maximum atomic E-state index is 13.2. The van der Waals surface area contributed by atoms with Crippen LogP contribution in [0.4, 0.5) is 0 Å². The van der Waals surface area contributed by atoms with Crippen LogP contribution in [0.25, 0.3) is 5.69 Å².